The van der Waals surface area contributed by atoms with E-state index in [1.807, 2.05) is 0 Å². The number of amides is 1. The van der Waals surface area contributed by atoms with Gasteiger partial charge in [-0.2, -0.15) is 0 Å². The molecule has 2 bridgehead atoms. The molecular weight excluding hydrogens is 378 g/mol. The number of benzene rings is 1. The molecule has 0 aliphatic heterocycles. The van der Waals surface area contributed by atoms with Crippen molar-refractivity contribution < 1.29 is 33.8 Å². The van der Waals surface area contributed by atoms with Gasteiger partial charge in [-0.1, -0.05) is 0 Å². The van der Waals surface area contributed by atoms with Gasteiger partial charge in [0, 0.05) is 0 Å². The van der Waals surface area contributed by atoms with E-state index in [0.29, 0.717) is 0 Å². The second kappa shape index (κ2) is 8.63. The fraction of sp³-hybridized carbons (Fsp3) is 0.524. The Morgan fingerprint density at radius 1 is 1.00 bits per heavy atom. The summed E-state index contributed by atoms with van der Waals surface area (Å²) in [5, 5.41) is 12.3. The molecule has 2 aliphatic carbocycles. The molecule has 0 aromatic heterocycles. The third kappa shape index (κ3) is 4.11. The van der Waals surface area contributed by atoms with Crippen LogP contribution in [0.4, 0.5) is 5.69 Å². The number of nitrogens with one attached hydrogen (secondary N) is 1. The maximum Gasteiger partial charge on any atom is 0.340 e. The monoisotopic (exact) mass is 403 g/mol. The van der Waals surface area contributed by atoms with Crippen molar-refractivity contribution in [2.24, 2.45) is 23.7 Å². The fourth-order valence-electron chi connectivity index (χ4n) is 4.62. The first kappa shape index (κ1) is 20.8. The molecule has 2 aliphatic rings. The quantitative estimate of drug-likeness (QED) is 0.672. The summed E-state index contributed by atoms with van der Waals surface area (Å²) in [7, 11) is 0. The minimum Gasteiger partial charge on any atom is -0.481 e. The molecule has 2 N–H and O–H groups in total. The molecule has 4 atom stereocenters. The summed E-state index contributed by atoms with van der Waals surface area (Å²) in [6, 6.07) is 4.19. The number of rotatable bonds is 7. The Hall–Kier alpha value is -2.90. The first-order chi connectivity index (χ1) is 13.9. The van der Waals surface area contributed by atoms with Gasteiger partial charge in [0.05, 0.1) is 41.9 Å². The highest BCUT2D eigenvalue weighted by Gasteiger charge is 2.54. The van der Waals surface area contributed by atoms with Crippen LogP contribution < -0.4 is 5.32 Å². The summed E-state index contributed by atoms with van der Waals surface area (Å²) in [6.07, 6.45) is 2.36. The number of carbonyl (C=O) groups excluding carboxylic acids is 3. The third-order valence-corrected chi connectivity index (χ3v) is 5.79. The van der Waals surface area contributed by atoms with E-state index < -0.39 is 35.7 Å². The van der Waals surface area contributed by atoms with Gasteiger partial charge >= 0.3 is 17.9 Å². The number of ether oxygens (including phenoxy) is 2. The molecule has 156 valence electrons. The topological polar surface area (TPSA) is 119 Å². The van der Waals surface area contributed by atoms with Crippen molar-refractivity contribution in [3.8, 4) is 0 Å². The van der Waals surface area contributed by atoms with Crippen molar-refractivity contribution in [1.82, 2.24) is 0 Å². The molecule has 0 heterocycles. The summed E-state index contributed by atoms with van der Waals surface area (Å²) < 4.78 is 10.0. The van der Waals surface area contributed by atoms with E-state index >= 15 is 0 Å². The van der Waals surface area contributed by atoms with Crippen LogP contribution in [0.3, 0.4) is 0 Å². The number of fused-ring (bicyclic) bond motifs is 2. The minimum absolute atomic E-state index is 0.00337. The van der Waals surface area contributed by atoms with Gasteiger partial charge in [0.25, 0.3) is 0 Å². The summed E-state index contributed by atoms with van der Waals surface area (Å²) in [5.74, 6) is -4.01. The van der Waals surface area contributed by atoms with Gasteiger partial charge in [-0.15, -0.1) is 0 Å². The van der Waals surface area contributed by atoms with E-state index in [2.05, 4.69) is 5.32 Å². The van der Waals surface area contributed by atoms with Crippen molar-refractivity contribution in [1.29, 1.82) is 0 Å². The first-order valence-electron chi connectivity index (χ1n) is 9.89. The number of anilines is 1. The normalized spacial score (nSPS) is 24.8. The highest BCUT2D eigenvalue weighted by atomic mass is 16.5. The van der Waals surface area contributed by atoms with Crippen LogP contribution in [-0.2, 0) is 19.1 Å². The van der Waals surface area contributed by atoms with Crippen LogP contribution in [0, 0.1) is 23.7 Å². The molecule has 2 fully saturated rings. The van der Waals surface area contributed by atoms with Crippen molar-refractivity contribution in [3.05, 3.63) is 29.3 Å². The van der Waals surface area contributed by atoms with Gasteiger partial charge in [0.15, 0.2) is 0 Å². The minimum atomic E-state index is -0.969. The van der Waals surface area contributed by atoms with E-state index in [9.17, 15) is 24.3 Å². The first-order valence-corrected chi connectivity index (χ1v) is 9.89. The lowest BCUT2D eigenvalue weighted by molar-refractivity contribution is -0.148. The van der Waals surface area contributed by atoms with Gasteiger partial charge in [-0.3, -0.25) is 9.59 Å². The third-order valence-electron chi connectivity index (χ3n) is 5.79. The Balaban J connectivity index is 1.90. The predicted octanol–water partition coefficient (Wildman–Crippen LogP) is 2.73. The number of hydrogen-bond acceptors (Lipinski definition) is 6. The highest BCUT2D eigenvalue weighted by molar-refractivity contribution is 6.04. The lowest BCUT2D eigenvalue weighted by atomic mass is 9.78. The average Bonchev–Trinajstić information content (AvgIpc) is 3.29. The smallest absolute Gasteiger partial charge is 0.340 e. The maximum absolute atomic E-state index is 13.0. The number of carboxylic acids is 1. The second-order valence-corrected chi connectivity index (χ2v) is 7.41. The predicted molar refractivity (Wildman–Crippen MR) is 102 cm³/mol. The van der Waals surface area contributed by atoms with Gasteiger partial charge in [0.2, 0.25) is 5.91 Å². The average molecular weight is 403 g/mol. The molecule has 29 heavy (non-hydrogen) atoms. The Morgan fingerprint density at radius 2 is 1.62 bits per heavy atom. The number of esters is 2. The summed E-state index contributed by atoms with van der Waals surface area (Å²) in [4.78, 5) is 49.1. The molecule has 1 aromatic rings. The van der Waals surface area contributed by atoms with Crippen molar-refractivity contribution in [3.63, 3.8) is 0 Å². The van der Waals surface area contributed by atoms with Gasteiger partial charge in [0.1, 0.15) is 0 Å². The van der Waals surface area contributed by atoms with E-state index in [4.69, 9.17) is 9.47 Å². The molecule has 3 rings (SSSR count). The van der Waals surface area contributed by atoms with Crippen LogP contribution in [0.5, 0.6) is 0 Å². The maximum atomic E-state index is 13.0. The van der Waals surface area contributed by atoms with Gasteiger partial charge < -0.3 is 19.9 Å². The lowest BCUT2D eigenvalue weighted by Crippen LogP contribution is -2.38. The van der Waals surface area contributed by atoms with Gasteiger partial charge in [-0.25, -0.2) is 9.59 Å². The van der Waals surface area contributed by atoms with E-state index in [1.54, 1.807) is 13.8 Å². The van der Waals surface area contributed by atoms with E-state index in [0.717, 1.165) is 19.3 Å². The van der Waals surface area contributed by atoms with Crippen molar-refractivity contribution in [2.45, 2.75) is 33.1 Å². The zero-order chi connectivity index (χ0) is 21.1. The SMILES string of the molecule is CCOC(=O)c1ccc(C(=O)OCC)c(NC(=O)[C@H]2[C@H]3CC[C@@H](C3)[C@H]2C(=O)O)c1. The van der Waals surface area contributed by atoms with Crippen LogP contribution >= 0.6 is 0 Å². The Kier molecular flexibility index (Phi) is 6.20. The van der Waals surface area contributed by atoms with Crippen LogP contribution in [-0.4, -0.2) is 42.1 Å². The standard InChI is InChI=1S/C21H25NO7/c1-3-28-20(26)13-7-8-14(21(27)29-4-2)15(10-13)22-18(23)16-11-5-6-12(9-11)17(16)19(24)25/h7-8,10-12,16-17H,3-6,9H2,1-2H3,(H,22,23)(H,24,25)/t11-,12-,16-,17+/m0/s1. The molecule has 0 unspecified atom stereocenters. The molecule has 1 amide bonds. The number of carboxylic acid groups (broad SMARTS) is 1. The molecule has 0 radical (unpaired) electrons. The largest absolute Gasteiger partial charge is 0.481 e. The Morgan fingerprint density at radius 3 is 2.24 bits per heavy atom. The zero-order valence-corrected chi connectivity index (χ0v) is 16.5. The van der Waals surface area contributed by atoms with Crippen LogP contribution in [0.1, 0.15) is 53.8 Å². The summed E-state index contributed by atoms with van der Waals surface area (Å²) >= 11 is 0. The molecule has 8 heteroatoms. The fourth-order valence-corrected chi connectivity index (χ4v) is 4.62. The molecule has 0 spiro atoms. The molecule has 8 nitrogen and oxygen atoms in total. The second-order valence-electron chi connectivity index (χ2n) is 7.41. The van der Waals surface area contributed by atoms with Crippen LogP contribution in [0.15, 0.2) is 18.2 Å². The Bertz CT molecular complexity index is 834. The number of aliphatic carboxylic acids is 1. The molecule has 2 saturated carbocycles. The van der Waals surface area contributed by atoms with Crippen LogP contribution in [0.2, 0.25) is 0 Å². The summed E-state index contributed by atoms with van der Waals surface area (Å²) in [5.41, 5.74) is 0.395. The van der Waals surface area contributed by atoms with Gasteiger partial charge in [-0.05, 0) is 63.1 Å². The zero-order valence-electron chi connectivity index (χ0n) is 16.5. The lowest BCUT2D eigenvalue weighted by Gasteiger charge is -2.27. The molecule has 0 saturated heterocycles. The van der Waals surface area contributed by atoms with E-state index in [1.165, 1.54) is 18.2 Å². The van der Waals surface area contributed by atoms with Crippen LogP contribution in [0.25, 0.3) is 0 Å². The highest BCUT2D eigenvalue weighted by Crippen LogP contribution is 2.52. The summed E-state index contributed by atoms with van der Waals surface area (Å²) in [6.45, 7) is 3.68. The molecule has 1 aromatic carbocycles. The molecular formula is C21H25NO7. The Labute approximate surface area is 168 Å². The number of hydrogen-bond donors (Lipinski definition) is 2. The van der Waals surface area contributed by atoms with Crippen molar-refractivity contribution >= 4 is 29.5 Å². The van der Waals surface area contributed by atoms with E-state index in [-0.39, 0.29) is 41.9 Å². The van der Waals surface area contributed by atoms with Crippen molar-refractivity contribution in [2.75, 3.05) is 18.5 Å². The number of carbonyl (C=O) groups is 4.